The number of nitrogens with zero attached hydrogens (tertiary/aromatic N) is 1. The SMILES string of the molecule is Cc1ccc(NC(=O)C(=O)N2CCCCC2)cc1. The van der Waals surface area contributed by atoms with Crippen molar-refractivity contribution >= 4 is 17.5 Å². The predicted molar refractivity (Wildman–Crippen MR) is 70.2 cm³/mol. The number of carbonyl (C=O) groups is 2. The highest BCUT2D eigenvalue weighted by Gasteiger charge is 2.23. The van der Waals surface area contributed by atoms with Gasteiger partial charge in [0.1, 0.15) is 0 Å². The van der Waals surface area contributed by atoms with E-state index in [2.05, 4.69) is 5.32 Å². The van der Waals surface area contributed by atoms with E-state index in [1.165, 1.54) is 0 Å². The molecule has 0 bridgehead atoms. The molecule has 1 aliphatic rings. The predicted octanol–water partition coefficient (Wildman–Crippen LogP) is 1.95. The first-order valence-corrected chi connectivity index (χ1v) is 6.34. The minimum absolute atomic E-state index is 0.421. The van der Waals surface area contributed by atoms with Crippen LogP contribution in [0.1, 0.15) is 24.8 Å². The molecule has 18 heavy (non-hydrogen) atoms. The number of nitrogens with one attached hydrogen (secondary N) is 1. The summed E-state index contributed by atoms with van der Waals surface area (Å²) < 4.78 is 0. The molecule has 1 saturated heterocycles. The lowest BCUT2D eigenvalue weighted by Gasteiger charge is -2.25. The molecule has 0 aromatic heterocycles. The number of anilines is 1. The smallest absolute Gasteiger partial charge is 0.313 e. The van der Waals surface area contributed by atoms with Crippen LogP contribution in [0, 0.1) is 6.92 Å². The van der Waals surface area contributed by atoms with Gasteiger partial charge in [0.25, 0.3) is 0 Å². The summed E-state index contributed by atoms with van der Waals surface area (Å²) in [7, 11) is 0. The first kappa shape index (κ1) is 12.6. The minimum atomic E-state index is -0.541. The Morgan fingerprint density at radius 1 is 1.06 bits per heavy atom. The van der Waals surface area contributed by atoms with E-state index in [9.17, 15) is 9.59 Å². The van der Waals surface area contributed by atoms with Crippen molar-refractivity contribution in [1.82, 2.24) is 4.90 Å². The van der Waals surface area contributed by atoms with Gasteiger partial charge in [-0.25, -0.2) is 0 Å². The summed E-state index contributed by atoms with van der Waals surface area (Å²) in [6, 6.07) is 7.41. The van der Waals surface area contributed by atoms with E-state index in [4.69, 9.17) is 0 Å². The summed E-state index contributed by atoms with van der Waals surface area (Å²) in [5, 5.41) is 2.64. The van der Waals surface area contributed by atoms with Gasteiger partial charge in [-0.2, -0.15) is 0 Å². The van der Waals surface area contributed by atoms with Gasteiger partial charge in [-0.05, 0) is 38.3 Å². The molecule has 0 saturated carbocycles. The average Bonchev–Trinajstić information content (AvgIpc) is 2.41. The van der Waals surface area contributed by atoms with Crippen molar-refractivity contribution in [1.29, 1.82) is 0 Å². The zero-order chi connectivity index (χ0) is 13.0. The molecule has 2 amide bonds. The summed E-state index contributed by atoms with van der Waals surface area (Å²) in [5.41, 5.74) is 1.78. The van der Waals surface area contributed by atoms with Crippen LogP contribution in [-0.2, 0) is 9.59 Å². The minimum Gasteiger partial charge on any atom is -0.334 e. The molecule has 0 atom stereocenters. The maximum absolute atomic E-state index is 11.9. The summed E-state index contributed by atoms with van der Waals surface area (Å²) >= 11 is 0. The van der Waals surface area contributed by atoms with Gasteiger partial charge in [-0.3, -0.25) is 9.59 Å². The first-order chi connectivity index (χ1) is 8.66. The van der Waals surface area contributed by atoms with Crippen LogP contribution in [0.5, 0.6) is 0 Å². The van der Waals surface area contributed by atoms with Gasteiger partial charge in [-0.1, -0.05) is 17.7 Å². The lowest BCUT2D eigenvalue weighted by Crippen LogP contribution is -2.42. The topological polar surface area (TPSA) is 49.4 Å². The van der Waals surface area contributed by atoms with Crippen molar-refractivity contribution in [3.05, 3.63) is 29.8 Å². The second-order valence-electron chi connectivity index (χ2n) is 4.67. The molecule has 4 nitrogen and oxygen atoms in total. The van der Waals surface area contributed by atoms with Crippen LogP contribution in [-0.4, -0.2) is 29.8 Å². The van der Waals surface area contributed by atoms with E-state index in [-0.39, 0.29) is 0 Å². The highest BCUT2D eigenvalue weighted by Crippen LogP contribution is 2.11. The molecule has 0 spiro atoms. The van der Waals surface area contributed by atoms with E-state index in [0.717, 1.165) is 24.8 Å². The Hall–Kier alpha value is -1.84. The van der Waals surface area contributed by atoms with Crippen LogP contribution < -0.4 is 5.32 Å². The zero-order valence-electron chi connectivity index (χ0n) is 10.6. The van der Waals surface area contributed by atoms with Gasteiger partial charge in [0.15, 0.2) is 0 Å². The average molecular weight is 246 g/mol. The molecule has 1 heterocycles. The first-order valence-electron chi connectivity index (χ1n) is 6.34. The molecule has 0 radical (unpaired) electrons. The molecule has 1 aromatic carbocycles. The van der Waals surface area contributed by atoms with Crippen molar-refractivity contribution in [2.45, 2.75) is 26.2 Å². The Morgan fingerprint density at radius 2 is 1.67 bits per heavy atom. The zero-order valence-corrected chi connectivity index (χ0v) is 10.6. The molecule has 0 unspecified atom stereocenters. The van der Waals surface area contributed by atoms with Crippen LogP contribution in [0.15, 0.2) is 24.3 Å². The number of aryl methyl sites for hydroxylation is 1. The molecule has 4 heteroatoms. The van der Waals surface area contributed by atoms with Crippen LogP contribution >= 0.6 is 0 Å². The van der Waals surface area contributed by atoms with Gasteiger partial charge in [0.05, 0.1) is 0 Å². The number of hydrogen-bond acceptors (Lipinski definition) is 2. The third kappa shape index (κ3) is 3.09. The van der Waals surface area contributed by atoms with E-state index < -0.39 is 11.8 Å². The van der Waals surface area contributed by atoms with Crippen molar-refractivity contribution < 1.29 is 9.59 Å². The number of hydrogen-bond donors (Lipinski definition) is 1. The van der Waals surface area contributed by atoms with Crippen molar-refractivity contribution in [3.8, 4) is 0 Å². The Kier molecular flexibility index (Phi) is 3.97. The molecule has 1 aliphatic heterocycles. The lowest BCUT2D eigenvalue weighted by molar-refractivity contribution is -0.143. The van der Waals surface area contributed by atoms with Crippen LogP contribution in [0.2, 0.25) is 0 Å². The second-order valence-corrected chi connectivity index (χ2v) is 4.67. The van der Waals surface area contributed by atoms with E-state index in [0.29, 0.717) is 18.8 Å². The molecular formula is C14H18N2O2. The summed E-state index contributed by atoms with van der Waals surface area (Å²) in [4.78, 5) is 25.3. The summed E-state index contributed by atoms with van der Waals surface area (Å²) in [6.07, 6.45) is 3.12. The number of carbonyl (C=O) groups excluding carboxylic acids is 2. The van der Waals surface area contributed by atoms with E-state index in [1.807, 2.05) is 19.1 Å². The van der Waals surface area contributed by atoms with E-state index in [1.54, 1.807) is 17.0 Å². The molecule has 1 fully saturated rings. The molecular weight excluding hydrogens is 228 g/mol. The third-order valence-corrected chi connectivity index (χ3v) is 3.15. The second kappa shape index (κ2) is 5.67. The monoisotopic (exact) mass is 246 g/mol. The number of rotatable bonds is 1. The highest BCUT2D eigenvalue weighted by molar-refractivity contribution is 6.39. The Bertz CT molecular complexity index is 434. The van der Waals surface area contributed by atoms with Gasteiger partial charge >= 0.3 is 11.8 Å². The fourth-order valence-electron chi connectivity index (χ4n) is 2.06. The van der Waals surface area contributed by atoms with E-state index >= 15 is 0 Å². The van der Waals surface area contributed by atoms with Crippen molar-refractivity contribution in [2.75, 3.05) is 18.4 Å². The van der Waals surface area contributed by atoms with Gasteiger partial charge < -0.3 is 10.2 Å². The fraction of sp³-hybridized carbons (Fsp3) is 0.429. The van der Waals surface area contributed by atoms with Gasteiger partial charge in [-0.15, -0.1) is 0 Å². The van der Waals surface area contributed by atoms with Crippen molar-refractivity contribution in [2.24, 2.45) is 0 Å². The molecule has 1 N–H and O–H groups in total. The fourth-order valence-corrected chi connectivity index (χ4v) is 2.06. The summed E-state index contributed by atoms with van der Waals surface area (Å²) in [5.74, 6) is -0.962. The Balaban J connectivity index is 1.94. The normalized spacial score (nSPS) is 15.3. The maximum Gasteiger partial charge on any atom is 0.313 e. The summed E-state index contributed by atoms with van der Waals surface area (Å²) in [6.45, 7) is 3.37. The van der Waals surface area contributed by atoms with Crippen molar-refractivity contribution in [3.63, 3.8) is 0 Å². The van der Waals surface area contributed by atoms with Crippen LogP contribution in [0.4, 0.5) is 5.69 Å². The maximum atomic E-state index is 11.9. The number of benzene rings is 1. The molecule has 96 valence electrons. The van der Waals surface area contributed by atoms with Gasteiger partial charge in [0, 0.05) is 18.8 Å². The standard InChI is InChI=1S/C14H18N2O2/c1-11-5-7-12(8-6-11)15-13(17)14(18)16-9-3-2-4-10-16/h5-8H,2-4,9-10H2,1H3,(H,15,17). The number of piperidine rings is 1. The Labute approximate surface area is 107 Å². The van der Waals surface area contributed by atoms with Gasteiger partial charge in [0.2, 0.25) is 0 Å². The quantitative estimate of drug-likeness (QED) is 0.770. The number of likely N-dealkylation sites (tertiary alicyclic amines) is 1. The Morgan fingerprint density at radius 3 is 2.28 bits per heavy atom. The lowest BCUT2D eigenvalue weighted by atomic mass is 10.1. The molecule has 1 aromatic rings. The third-order valence-electron chi connectivity index (χ3n) is 3.15. The molecule has 0 aliphatic carbocycles. The highest BCUT2D eigenvalue weighted by atomic mass is 16.2. The van der Waals surface area contributed by atoms with Crippen LogP contribution in [0.3, 0.4) is 0 Å². The number of amides is 2. The van der Waals surface area contributed by atoms with Crippen LogP contribution in [0.25, 0.3) is 0 Å². The largest absolute Gasteiger partial charge is 0.334 e. The molecule has 2 rings (SSSR count).